The molecule has 0 aromatic carbocycles. The minimum atomic E-state index is -0.832. The lowest BCUT2D eigenvalue weighted by atomic mass is 9.92. The van der Waals surface area contributed by atoms with Gasteiger partial charge in [-0.2, -0.15) is 0 Å². The molecule has 0 heterocycles. The van der Waals surface area contributed by atoms with Crippen LogP contribution in [-0.4, -0.2) is 35.7 Å². The first-order chi connectivity index (χ1) is 8.61. The van der Waals surface area contributed by atoms with Crippen LogP contribution < -0.4 is 14.2 Å². The zero-order valence-corrected chi connectivity index (χ0v) is 12.4. The van der Waals surface area contributed by atoms with Crippen LogP contribution in [0.4, 0.5) is 4.79 Å². The molecule has 0 unspecified atom stereocenters. The number of aliphatic carboxylic acids is 1. The van der Waals surface area contributed by atoms with Gasteiger partial charge in [0, 0.05) is 47.9 Å². The smallest absolute Gasteiger partial charge is 0.315 e. The van der Waals surface area contributed by atoms with Gasteiger partial charge in [-0.25, -0.2) is 4.79 Å². The van der Waals surface area contributed by atoms with Gasteiger partial charge in [-0.1, -0.05) is 0 Å². The molecule has 104 valence electrons. The van der Waals surface area contributed by atoms with E-state index in [0.29, 0.717) is 19.0 Å². The van der Waals surface area contributed by atoms with E-state index in [2.05, 4.69) is 37.0 Å². The van der Waals surface area contributed by atoms with Gasteiger partial charge in [0.05, 0.1) is 0 Å². The number of carboxylic acids is 1. The molecule has 0 bridgehead atoms. The molecule has 6 nitrogen and oxygen atoms in total. The van der Waals surface area contributed by atoms with Gasteiger partial charge in [0.15, 0.2) is 0 Å². The maximum Gasteiger partial charge on any atom is 0.315 e. The van der Waals surface area contributed by atoms with Gasteiger partial charge in [-0.15, -0.1) is 0 Å². The largest absolute Gasteiger partial charge is 0.481 e. The molecule has 1 saturated carbocycles. The number of halogens is 1. The van der Waals surface area contributed by atoms with Crippen molar-refractivity contribution in [3.8, 4) is 0 Å². The Hall–Kier alpha value is -0.570. The zero-order chi connectivity index (χ0) is 13.4. The second-order valence-corrected chi connectivity index (χ2v) is 5.18. The molecule has 1 aliphatic rings. The number of nitrogens with one attached hydrogen (secondary N) is 3. The lowest BCUT2D eigenvalue weighted by Gasteiger charge is -2.28. The molecule has 2 amide bonds. The van der Waals surface area contributed by atoms with Gasteiger partial charge >= 0.3 is 12.0 Å². The monoisotopic (exact) mass is 369 g/mol. The zero-order valence-electron chi connectivity index (χ0n) is 10.2. The molecule has 0 aromatic rings. The van der Waals surface area contributed by atoms with E-state index >= 15 is 0 Å². The summed E-state index contributed by atoms with van der Waals surface area (Å²) in [5, 5.41) is 14.1. The van der Waals surface area contributed by atoms with Gasteiger partial charge < -0.3 is 15.7 Å². The van der Waals surface area contributed by atoms with Crippen molar-refractivity contribution in [3.63, 3.8) is 0 Å². The van der Waals surface area contributed by atoms with Crippen LogP contribution in [-0.2, 0) is 4.79 Å². The van der Waals surface area contributed by atoms with Gasteiger partial charge in [0.25, 0.3) is 0 Å². The highest BCUT2D eigenvalue weighted by Gasteiger charge is 2.21. The molecular weight excluding hydrogens is 349 g/mol. The molecule has 18 heavy (non-hydrogen) atoms. The van der Waals surface area contributed by atoms with Crippen LogP contribution in [0, 0.1) is 0 Å². The third kappa shape index (κ3) is 6.39. The summed E-state index contributed by atoms with van der Waals surface area (Å²) in [4.78, 5) is 21.8. The fraction of sp³-hybridized carbons (Fsp3) is 0.818. The van der Waals surface area contributed by atoms with Crippen LogP contribution in [0.5, 0.6) is 0 Å². The number of hydrogen-bond donors (Lipinski definition) is 4. The quantitative estimate of drug-likeness (QED) is 0.324. The molecule has 1 fully saturated rings. The summed E-state index contributed by atoms with van der Waals surface area (Å²) in [6, 6.07) is 0.610. The molecule has 1 aliphatic carbocycles. The third-order valence-corrected chi connectivity index (χ3v) is 3.95. The molecule has 0 aromatic heterocycles. The van der Waals surface area contributed by atoms with Crippen molar-refractivity contribution >= 4 is 34.9 Å². The summed E-state index contributed by atoms with van der Waals surface area (Å²) >= 11 is 2.17. The fourth-order valence-electron chi connectivity index (χ4n) is 2.02. The van der Waals surface area contributed by atoms with E-state index < -0.39 is 5.97 Å². The Balaban J connectivity index is 2.08. The maximum absolute atomic E-state index is 11.5. The molecule has 1 rings (SSSR count). The maximum atomic E-state index is 11.5. The summed E-state index contributed by atoms with van der Waals surface area (Å²) in [7, 11) is 0. The third-order valence-electron chi connectivity index (χ3n) is 3.07. The van der Waals surface area contributed by atoms with Crippen LogP contribution in [0.1, 0.15) is 38.5 Å². The lowest BCUT2D eigenvalue weighted by molar-refractivity contribution is -0.137. The van der Waals surface area contributed by atoms with E-state index in [0.717, 1.165) is 25.7 Å². The first kappa shape index (κ1) is 15.5. The number of carbonyl (C=O) groups excluding carboxylic acids is 1. The van der Waals surface area contributed by atoms with E-state index in [1.165, 1.54) is 0 Å². The Labute approximate surface area is 121 Å². The first-order valence-electron chi connectivity index (χ1n) is 6.24. The predicted octanol–water partition coefficient (Wildman–Crippen LogP) is 1.40. The topological polar surface area (TPSA) is 90.5 Å². The van der Waals surface area contributed by atoms with Crippen molar-refractivity contribution in [2.75, 3.05) is 6.54 Å². The molecule has 0 radical (unpaired) electrons. The first-order valence-corrected chi connectivity index (χ1v) is 7.32. The summed E-state index contributed by atoms with van der Waals surface area (Å²) in [5.74, 6) is -0.832. The van der Waals surface area contributed by atoms with Crippen LogP contribution in [0.3, 0.4) is 0 Å². The number of carboxylic acid groups (broad SMARTS) is 1. The van der Waals surface area contributed by atoms with Crippen molar-refractivity contribution in [1.29, 1.82) is 0 Å². The molecule has 0 aliphatic heterocycles. The number of rotatable bonds is 6. The van der Waals surface area contributed by atoms with Crippen molar-refractivity contribution in [1.82, 2.24) is 14.2 Å². The second kappa shape index (κ2) is 8.52. The second-order valence-electron chi connectivity index (χ2n) is 4.56. The van der Waals surface area contributed by atoms with Gasteiger partial charge in [-0.3, -0.25) is 8.32 Å². The Morgan fingerprint density at radius 3 is 2.33 bits per heavy atom. The summed E-state index contributed by atoms with van der Waals surface area (Å²) < 4.78 is 3.22. The summed E-state index contributed by atoms with van der Waals surface area (Å²) in [6.45, 7) is 0.406. The number of urea groups is 1. The average molecular weight is 369 g/mol. The predicted molar refractivity (Wildman–Crippen MR) is 76.6 cm³/mol. The van der Waals surface area contributed by atoms with E-state index in [1.807, 2.05) is 0 Å². The Bertz CT molecular complexity index is 281. The molecule has 7 heteroatoms. The van der Waals surface area contributed by atoms with E-state index in [1.54, 1.807) is 0 Å². The van der Waals surface area contributed by atoms with E-state index in [-0.39, 0.29) is 18.5 Å². The fourth-order valence-corrected chi connectivity index (χ4v) is 2.65. The van der Waals surface area contributed by atoms with Crippen molar-refractivity contribution in [2.24, 2.45) is 0 Å². The number of carbonyl (C=O) groups is 2. The standard InChI is InChI=1S/C11H20IN3O3/c12-15-9-5-3-8(4-6-9)14-11(18)13-7-1-2-10(16)17/h8-9,15H,1-7H2,(H,16,17)(H2,13,14,18)/t8-,9-. The van der Waals surface area contributed by atoms with Crippen LogP contribution in [0.25, 0.3) is 0 Å². The minimum Gasteiger partial charge on any atom is -0.481 e. The van der Waals surface area contributed by atoms with Crippen molar-refractivity contribution in [3.05, 3.63) is 0 Å². The van der Waals surface area contributed by atoms with Crippen molar-refractivity contribution in [2.45, 2.75) is 50.6 Å². The number of amides is 2. The highest BCUT2D eigenvalue weighted by Crippen LogP contribution is 2.19. The van der Waals surface area contributed by atoms with Gasteiger partial charge in [-0.05, 0) is 32.1 Å². The molecule has 4 N–H and O–H groups in total. The Morgan fingerprint density at radius 2 is 1.78 bits per heavy atom. The Kier molecular flexibility index (Phi) is 7.33. The number of hydrogen-bond acceptors (Lipinski definition) is 3. The minimum absolute atomic E-state index is 0.0900. The van der Waals surface area contributed by atoms with Gasteiger partial charge in [0.1, 0.15) is 0 Å². The van der Waals surface area contributed by atoms with Gasteiger partial charge in [0.2, 0.25) is 0 Å². The lowest BCUT2D eigenvalue weighted by Crippen LogP contribution is -2.45. The van der Waals surface area contributed by atoms with Crippen LogP contribution in [0.2, 0.25) is 0 Å². The summed E-state index contributed by atoms with van der Waals surface area (Å²) in [5.41, 5.74) is 0. The van der Waals surface area contributed by atoms with Crippen molar-refractivity contribution < 1.29 is 14.7 Å². The highest BCUT2D eigenvalue weighted by molar-refractivity contribution is 14.1. The SMILES string of the molecule is O=C(O)CCCNC(=O)N[C@H]1CC[C@H](NI)CC1. The van der Waals surface area contributed by atoms with Crippen LogP contribution in [0.15, 0.2) is 0 Å². The Morgan fingerprint density at radius 1 is 1.17 bits per heavy atom. The highest BCUT2D eigenvalue weighted by atomic mass is 127. The van der Waals surface area contributed by atoms with E-state index in [4.69, 9.17) is 5.11 Å². The van der Waals surface area contributed by atoms with E-state index in [9.17, 15) is 9.59 Å². The molecule has 0 spiro atoms. The average Bonchev–Trinajstić information content (AvgIpc) is 2.35. The normalized spacial score (nSPS) is 23.4. The van der Waals surface area contributed by atoms with Crippen LogP contribution >= 0.6 is 22.9 Å². The molecule has 0 atom stereocenters. The molecule has 0 saturated heterocycles. The molecular formula is C11H20IN3O3. The summed E-state index contributed by atoms with van der Waals surface area (Å²) in [6.07, 6.45) is 4.69.